The van der Waals surface area contributed by atoms with Gasteiger partial charge in [-0.25, -0.2) is 4.79 Å². The standard InChI is InChI=1S/C25H32O3/c1-17-14-18(2)22(19(3)15-17)23(25(26)27)24(21-12-8-5-9-13-21)28-16-20-10-6-4-7-11-20/h4,6-7,10-11,14-15,18,21-22H,5,8-9,12-13,16H2,1-3H3,(H,26,27)/b24-23+. The van der Waals surface area contributed by atoms with Crippen molar-refractivity contribution in [2.24, 2.45) is 17.8 Å². The van der Waals surface area contributed by atoms with E-state index in [9.17, 15) is 9.90 Å². The van der Waals surface area contributed by atoms with Crippen molar-refractivity contribution in [3.8, 4) is 0 Å². The second kappa shape index (κ2) is 9.27. The van der Waals surface area contributed by atoms with Crippen LogP contribution in [0, 0.1) is 17.8 Å². The highest BCUT2D eigenvalue weighted by Crippen LogP contribution is 2.40. The van der Waals surface area contributed by atoms with Gasteiger partial charge >= 0.3 is 5.97 Å². The van der Waals surface area contributed by atoms with Crippen LogP contribution >= 0.6 is 0 Å². The smallest absolute Gasteiger partial charge is 0.335 e. The number of aliphatic carboxylic acids is 1. The van der Waals surface area contributed by atoms with Gasteiger partial charge in [-0.1, -0.05) is 79.8 Å². The summed E-state index contributed by atoms with van der Waals surface area (Å²) < 4.78 is 6.32. The summed E-state index contributed by atoms with van der Waals surface area (Å²) in [5, 5.41) is 10.2. The van der Waals surface area contributed by atoms with E-state index < -0.39 is 5.97 Å². The van der Waals surface area contributed by atoms with Crippen molar-refractivity contribution in [2.45, 2.75) is 59.5 Å². The van der Waals surface area contributed by atoms with Crippen LogP contribution in [-0.2, 0) is 16.1 Å². The van der Waals surface area contributed by atoms with Gasteiger partial charge in [0.25, 0.3) is 0 Å². The molecule has 0 bridgehead atoms. The third-order valence-electron chi connectivity index (χ3n) is 6.02. The van der Waals surface area contributed by atoms with Crippen LogP contribution in [0.3, 0.4) is 0 Å². The number of carboxylic acids is 1. The van der Waals surface area contributed by atoms with Crippen LogP contribution in [0.5, 0.6) is 0 Å². The molecule has 0 aliphatic heterocycles. The highest BCUT2D eigenvalue weighted by Gasteiger charge is 2.35. The van der Waals surface area contributed by atoms with Gasteiger partial charge in [-0.05, 0) is 38.2 Å². The van der Waals surface area contributed by atoms with E-state index in [0.717, 1.165) is 36.8 Å². The normalized spacial score (nSPS) is 24.1. The predicted molar refractivity (Wildman–Crippen MR) is 113 cm³/mol. The van der Waals surface area contributed by atoms with Crippen LogP contribution in [-0.4, -0.2) is 11.1 Å². The molecule has 0 saturated heterocycles. The van der Waals surface area contributed by atoms with Crippen LogP contribution in [0.25, 0.3) is 0 Å². The van der Waals surface area contributed by atoms with Crippen LogP contribution in [0.15, 0.2) is 65.0 Å². The molecule has 1 N–H and O–H groups in total. The Morgan fingerprint density at radius 1 is 1.11 bits per heavy atom. The Morgan fingerprint density at radius 2 is 1.79 bits per heavy atom. The summed E-state index contributed by atoms with van der Waals surface area (Å²) >= 11 is 0. The fraction of sp³-hybridized carbons (Fsp3) is 0.480. The minimum atomic E-state index is -0.841. The summed E-state index contributed by atoms with van der Waals surface area (Å²) in [6.45, 7) is 6.66. The lowest BCUT2D eigenvalue weighted by molar-refractivity contribution is -0.133. The molecule has 28 heavy (non-hydrogen) atoms. The van der Waals surface area contributed by atoms with Crippen LogP contribution < -0.4 is 0 Å². The molecule has 1 aromatic carbocycles. The summed E-state index contributed by atoms with van der Waals surface area (Å²) in [4.78, 5) is 12.5. The van der Waals surface area contributed by atoms with Crippen molar-refractivity contribution < 1.29 is 14.6 Å². The molecule has 3 heteroatoms. The lowest BCUT2D eigenvalue weighted by atomic mass is 9.74. The SMILES string of the molecule is CC1=CC(C)C(/C(C(=O)O)=C(\OCc2ccccc2)C2CCCCC2)C(C)=C1. The predicted octanol–water partition coefficient (Wildman–Crippen LogP) is 6.28. The number of benzene rings is 1. The number of carboxylic acid groups (broad SMARTS) is 1. The lowest BCUT2D eigenvalue weighted by Gasteiger charge is -2.32. The quantitative estimate of drug-likeness (QED) is 0.466. The summed E-state index contributed by atoms with van der Waals surface area (Å²) in [6.07, 6.45) is 9.83. The molecule has 0 aromatic heterocycles. The molecule has 0 heterocycles. The summed E-state index contributed by atoms with van der Waals surface area (Å²) in [6, 6.07) is 10.0. The van der Waals surface area contributed by atoms with Crippen molar-refractivity contribution in [1.29, 1.82) is 0 Å². The van der Waals surface area contributed by atoms with Crippen molar-refractivity contribution >= 4 is 5.97 Å². The Kier molecular flexibility index (Phi) is 6.77. The maximum atomic E-state index is 12.5. The zero-order chi connectivity index (χ0) is 20.1. The van der Waals surface area contributed by atoms with Crippen molar-refractivity contribution in [1.82, 2.24) is 0 Å². The van der Waals surface area contributed by atoms with Gasteiger partial charge in [-0.3, -0.25) is 0 Å². The average Bonchev–Trinajstić information content (AvgIpc) is 2.67. The van der Waals surface area contributed by atoms with E-state index >= 15 is 0 Å². The number of hydrogen-bond acceptors (Lipinski definition) is 2. The number of hydrogen-bond donors (Lipinski definition) is 1. The number of carbonyl (C=O) groups is 1. The van der Waals surface area contributed by atoms with E-state index in [0.29, 0.717) is 17.9 Å². The Bertz CT molecular complexity index is 779. The highest BCUT2D eigenvalue weighted by atomic mass is 16.5. The Morgan fingerprint density at radius 3 is 2.39 bits per heavy atom. The van der Waals surface area contributed by atoms with E-state index in [1.165, 1.54) is 12.0 Å². The molecule has 1 fully saturated rings. The largest absolute Gasteiger partial charge is 0.492 e. The van der Waals surface area contributed by atoms with E-state index in [4.69, 9.17) is 4.74 Å². The van der Waals surface area contributed by atoms with Gasteiger partial charge in [-0.15, -0.1) is 0 Å². The number of rotatable bonds is 6. The second-order valence-electron chi connectivity index (χ2n) is 8.33. The first-order valence-corrected chi connectivity index (χ1v) is 10.5. The molecule has 3 rings (SSSR count). The fourth-order valence-corrected chi connectivity index (χ4v) is 4.82. The molecule has 2 unspecified atom stereocenters. The highest BCUT2D eigenvalue weighted by molar-refractivity contribution is 5.89. The lowest BCUT2D eigenvalue weighted by Crippen LogP contribution is -2.27. The van der Waals surface area contributed by atoms with E-state index in [1.807, 2.05) is 30.3 Å². The monoisotopic (exact) mass is 380 g/mol. The Labute approximate surface area is 168 Å². The Hall–Kier alpha value is -2.29. The third-order valence-corrected chi connectivity index (χ3v) is 6.02. The summed E-state index contributed by atoms with van der Waals surface area (Å²) in [7, 11) is 0. The fourth-order valence-electron chi connectivity index (χ4n) is 4.82. The molecule has 1 aromatic rings. The number of ether oxygens (including phenoxy) is 1. The van der Waals surface area contributed by atoms with Gasteiger partial charge in [0, 0.05) is 11.8 Å². The molecule has 0 spiro atoms. The minimum Gasteiger partial charge on any atom is -0.492 e. The minimum absolute atomic E-state index is 0.131. The number of allylic oxidation sites excluding steroid dienone is 5. The molecular formula is C25H32O3. The van der Waals surface area contributed by atoms with Gasteiger partial charge in [0.1, 0.15) is 12.4 Å². The Balaban J connectivity index is 2.00. The maximum Gasteiger partial charge on any atom is 0.335 e. The maximum absolute atomic E-state index is 12.5. The first-order valence-electron chi connectivity index (χ1n) is 10.5. The van der Waals surface area contributed by atoms with Gasteiger partial charge in [0.05, 0.1) is 5.57 Å². The van der Waals surface area contributed by atoms with E-state index in [2.05, 4.69) is 32.9 Å². The molecule has 2 atom stereocenters. The molecule has 0 radical (unpaired) electrons. The van der Waals surface area contributed by atoms with Crippen LogP contribution in [0.4, 0.5) is 0 Å². The third kappa shape index (κ3) is 4.76. The van der Waals surface area contributed by atoms with Crippen molar-refractivity contribution in [3.63, 3.8) is 0 Å². The van der Waals surface area contributed by atoms with Gasteiger partial charge in [0.15, 0.2) is 0 Å². The first-order chi connectivity index (χ1) is 13.5. The topological polar surface area (TPSA) is 46.5 Å². The van der Waals surface area contributed by atoms with Crippen LogP contribution in [0.1, 0.15) is 58.4 Å². The van der Waals surface area contributed by atoms with Crippen molar-refractivity contribution in [2.75, 3.05) is 0 Å². The molecule has 2 aliphatic rings. The van der Waals surface area contributed by atoms with Crippen LogP contribution in [0.2, 0.25) is 0 Å². The van der Waals surface area contributed by atoms with Gasteiger partial charge in [-0.2, -0.15) is 0 Å². The zero-order valence-corrected chi connectivity index (χ0v) is 17.3. The average molecular weight is 381 g/mol. The summed E-state index contributed by atoms with van der Waals surface area (Å²) in [5.74, 6) is 0.0966. The molecule has 2 aliphatic carbocycles. The zero-order valence-electron chi connectivity index (χ0n) is 17.3. The van der Waals surface area contributed by atoms with Gasteiger partial charge in [0.2, 0.25) is 0 Å². The van der Waals surface area contributed by atoms with E-state index in [1.54, 1.807) is 0 Å². The molecule has 0 amide bonds. The molecular weight excluding hydrogens is 348 g/mol. The molecule has 3 nitrogen and oxygen atoms in total. The van der Waals surface area contributed by atoms with E-state index in [-0.39, 0.29) is 17.8 Å². The van der Waals surface area contributed by atoms with Gasteiger partial charge < -0.3 is 9.84 Å². The molecule has 1 saturated carbocycles. The van der Waals surface area contributed by atoms with Crippen molar-refractivity contribution in [3.05, 3.63) is 70.5 Å². The first kappa shape index (κ1) is 20.4. The molecule has 150 valence electrons. The second-order valence-corrected chi connectivity index (χ2v) is 8.33. The summed E-state index contributed by atoms with van der Waals surface area (Å²) in [5.41, 5.74) is 3.85.